The van der Waals surface area contributed by atoms with Gasteiger partial charge in [0.25, 0.3) is 5.91 Å². The van der Waals surface area contributed by atoms with Gasteiger partial charge in [0.05, 0.1) is 4.88 Å². The van der Waals surface area contributed by atoms with Crippen LogP contribution >= 0.6 is 11.3 Å². The van der Waals surface area contributed by atoms with Gasteiger partial charge in [0, 0.05) is 36.5 Å². The second kappa shape index (κ2) is 8.19. The SMILES string of the molecule is O=C(c1cc2c(s1)CCCC2)N1CCN(S(=O)(=O)/C=C/c2ccccc2)CC1. The number of thiophene rings is 1. The molecule has 0 N–H and O–H groups in total. The van der Waals surface area contributed by atoms with Crippen LogP contribution in [-0.2, 0) is 22.9 Å². The van der Waals surface area contributed by atoms with Crippen molar-refractivity contribution in [3.05, 3.63) is 62.7 Å². The first kappa shape index (κ1) is 19.4. The lowest BCUT2D eigenvalue weighted by Crippen LogP contribution is -2.49. The third kappa shape index (κ3) is 4.21. The second-order valence-electron chi connectivity index (χ2n) is 7.22. The summed E-state index contributed by atoms with van der Waals surface area (Å²) >= 11 is 1.61. The van der Waals surface area contributed by atoms with E-state index in [1.165, 1.54) is 33.0 Å². The molecule has 2 heterocycles. The van der Waals surface area contributed by atoms with E-state index in [0.29, 0.717) is 26.2 Å². The van der Waals surface area contributed by atoms with Crippen LogP contribution in [0, 0.1) is 0 Å². The smallest absolute Gasteiger partial charge is 0.264 e. The van der Waals surface area contributed by atoms with Crippen LogP contribution in [0.5, 0.6) is 0 Å². The Morgan fingerprint density at radius 1 is 1.00 bits per heavy atom. The summed E-state index contributed by atoms with van der Waals surface area (Å²) in [7, 11) is -3.48. The monoisotopic (exact) mass is 416 g/mol. The van der Waals surface area contributed by atoms with Crippen LogP contribution in [0.2, 0.25) is 0 Å². The molecule has 1 aliphatic heterocycles. The van der Waals surface area contributed by atoms with Gasteiger partial charge in [0.1, 0.15) is 0 Å². The molecular formula is C21H24N2O3S2. The van der Waals surface area contributed by atoms with E-state index in [9.17, 15) is 13.2 Å². The quantitative estimate of drug-likeness (QED) is 0.768. The molecule has 1 amide bonds. The molecule has 5 nitrogen and oxygen atoms in total. The normalized spacial score (nSPS) is 18.4. The maximum absolute atomic E-state index is 12.8. The molecule has 0 unspecified atom stereocenters. The van der Waals surface area contributed by atoms with E-state index in [4.69, 9.17) is 0 Å². The van der Waals surface area contributed by atoms with Crippen LogP contribution in [0.3, 0.4) is 0 Å². The molecular weight excluding hydrogens is 392 g/mol. The first-order valence-electron chi connectivity index (χ1n) is 9.67. The summed E-state index contributed by atoms with van der Waals surface area (Å²) in [4.78, 5) is 16.8. The predicted molar refractivity (Wildman–Crippen MR) is 113 cm³/mol. The van der Waals surface area contributed by atoms with Crippen molar-refractivity contribution in [1.82, 2.24) is 9.21 Å². The average molecular weight is 417 g/mol. The maximum atomic E-state index is 12.8. The van der Waals surface area contributed by atoms with Crippen molar-refractivity contribution in [2.45, 2.75) is 25.7 Å². The van der Waals surface area contributed by atoms with Crippen LogP contribution in [0.4, 0.5) is 0 Å². The number of carbonyl (C=O) groups excluding carboxylic acids is 1. The first-order chi connectivity index (χ1) is 13.5. The van der Waals surface area contributed by atoms with Crippen LogP contribution in [0.15, 0.2) is 41.8 Å². The zero-order valence-corrected chi connectivity index (χ0v) is 17.3. The van der Waals surface area contributed by atoms with Gasteiger partial charge in [-0.2, -0.15) is 4.31 Å². The molecule has 7 heteroatoms. The summed E-state index contributed by atoms with van der Waals surface area (Å²) in [6.07, 6.45) is 6.16. The number of hydrogen-bond donors (Lipinski definition) is 0. The van der Waals surface area contributed by atoms with Crippen molar-refractivity contribution in [1.29, 1.82) is 0 Å². The van der Waals surface area contributed by atoms with Crippen LogP contribution in [0.25, 0.3) is 6.08 Å². The van der Waals surface area contributed by atoms with E-state index < -0.39 is 10.0 Å². The lowest BCUT2D eigenvalue weighted by atomic mass is 9.99. The Bertz CT molecular complexity index is 949. The van der Waals surface area contributed by atoms with Gasteiger partial charge in [-0.25, -0.2) is 8.42 Å². The van der Waals surface area contributed by atoms with E-state index in [2.05, 4.69) is 0 Å². The molecule has 1 aliphatic carbocycles. The molecule has 1 aromatic carbocycles. The number of fused-ring (bicyclic) bond motifs is 1. The van der Waals surface area contributed by atoms with Crippen molar-refractivity contribution in [2.75, 3.05) is 26.2 Å². The molecule has 4 rings (SSSR count). The first-order valence-corrected chi connectivity index (χ1v) is 12.0. The summed E-state index contributed by atoms with van der Waals surface area (Å²) in [5.74, 6) is 0.0382. The highest BCUT2D eigenvalue weighted by Gasteiger charge is 2.29. The largest absolute Gasteiger partial charge is 0.335 e. The van der Waals surface area contributed by atoms with Crippen molar-refractivity contribution >= 4 is 33.3 Å². The summed E-state index contributed by atoms with van der Waals surface area (Å²) in [6.45, 7) is 1.52. The van der Waals surface area contributed by atoms with Crippen LogP contribution < -0.4 is 0 Å². The number of nitrogens with zero attached hydrogens (tertiary/aromatic N) is 2. The zero-order valence-electron chi connectivity index (χ0n) is 15.7. The number of aryl methyl sites for hydroxylation is 2. The van der Waals surface area contributed by atoms with Crippen molar-refractivity contribution in [3.63, 3.8) is 0 Å². The van der Waals surface area contributed by atoms with E-state index in [1.807, 2.05) is 36.4 Å². The van der Waals surface area contributed by atoms with Gasteiger partial charge < -0.3 is 4.90 Å². The fourth-order valence-corrected chi connectivity index (χ4v) is 6.11. The number of hydrogen-bond acceptors (Lipinski definition) is 4. The van der Waals surface area contributed by atoms with Gasteiger partial charge in [-0.1, -0.05) is 30.3 Å². The topological polar surface area (TPSA) is 57.7 Å². The lowest BCUT2D eigenvalue weighted by Gasteiger charge is -2.33. The van der Waals surface area contributed by atoms with Crippen molar-refractivity contribution in [2.24, 2.45) is 0 Å². The molecule has 1 aromatic heterocycles. The third-order valence-electron chi connectivity index (χ3n) is 5.33. The highest BCUT2D eigenvalue weighted by atomic mass is 32.2. The van der Waals surface area contributed by atoms with Gasteiger partial charge in [-0.15, -0.1) is 11.3 Å². The Hall–Kier alpha value is -1.96. The highest BCUT2D eigenvalue weighted by Crippen LogP contribution is 2.30. The minimum Gasteiger partial charge on any atom is -0.335 e. The van der Waals surface area contributed by atoms with E-state index in [0.717, 1.165) is 23.3 Å². The van der Waals surface area contributed by atoms with Gasteiger partial charge in [0.15, 0.2) is 0 Å². The number of piperazine rings is 1. The van der Waals surface area contributed by atoms with E-state index >= 15 is 0 Å². The molecule has 0 saturated carbocycles. The predicted octanol–water partition coefficient (Wildman–Crippen LogP) is 3.39. The molecule has 1 fully saturated rings. The zero-order chi connectivity index (χ0) is 19.6. The van der Waals surface area contributed by atoms with Crippen molar-refractivity contribution in [3.8, 4) is 0 Å². The molecule has 2 aliphatic rings. The minimum atomic E-state index is -3.48. The van der Waals surface area contributed by atoms with Crippen LogP contribution in [-0.4, -0.2) is 49.7 Å². The minimum absolute atomic E-state index is 0.0382. The Balaban J connectivity index is 1.38. The molecule has 148 valence electrons. The number of benzene rings is 1. The maximum Gasteiger partial charge on any atom is 0.264 e. The highest BCUT2D eigenvalue weighted by molar-refractivity contribution is 7.92. The van der Waals surface area contributed by atoms with Crippen molar-refractivity contribution < 1.29 is 13.2 Å². The fraction of sp³-hybridized carbons (Fsp3) is 0.381. The van der Waals surface area contributed by atoms with E-state index in [1.54, 1.807) is 22.3 Å². The average Bonchev–Trinajstić information content (AvgIpc) is 3.17. The lowest BCUT2D eigenvalue weighted by molar-refractivity contribution is 0.0703. The summed E-state index contributed by atoms with van der Waals surface area (Å²) < 4.78 is 26.6. The van der Waals surface area contributed by atoms with E-state index in [-0.39, 0.29) is 5.91 Å². The van der Waals surface area contributed by atoms with Gasteiger partial charge in [0.2, 0.25) is 10.0 Å². The Labute approximate surface area is 170 Å². The third-order valence-corrected chi connectivity index (χ3v) is 8.12. The number of carbonyl (C=O) groups is 1. The molecule has 0 radical (unpaired) electrons. The van der Waals surface area contributed by atoms with Gasteiger partial charge in [-0.05, 0) is 49.0 Å². The number of amides is 1. The Kier molecular flexibility index (Phi) is 5.66. The molecule has 0 atom stereocenters. The standard InChI is InChI=1S/C21H24N2O3S2/c24-21(20-16-18-8-4-5-9-19(18)27-20)22-11-13-23(14-12-22)28(25,26)15-10-17-6-2-1-3-7-17/h1-3,6-7,10,15-16H,4-5,8-9,11-14H2/b15-10+. The van der Waals surface area contributed by atoms with Gasteiger partial charge in [-0.3, -0.25) is 4.79 Å². The summed E-state index contributed by atoms with van der Waals surface area (Å²) in [5.41, 5.74) is 2.17. The Morgan fingerprint density at radius 2 is 1.71 bits per heavy atom. The second-order valence-corrected chi connectivity index (χ2v) is 10.2. The number of rotatable bonds is 4. The summed E-state index contributed by atoms with van der Waals surface area (Å²) in [5, 5.41) is 1.26. The molecule has 0 bridgehead atoms. The van der Waals surface area contributed by atoms with Gasteiger partial charge >= 0.3 is 0 Å². The Morgan fingerprint density at radius 3 is 2.43 bits per heavy atom. The fourth-order valence-electron chi connectivity index (χ4n) is 3.71. The molecule has 2 aromatic rings. The molecule has 1 saturated heterocycles. The molecule has 28 heavy (non-hydrogen) atoms. The number of sulfonamides is 1. The van der Waals surface area contributed by atoms with Crippen LogP contribution in [0.1, 0.15) is 38.5 Å². The summed E-state index contributed by atoms with van der Waals surface area (Å²) in [6, 6.07) is 11.4. The molecule has 0 spiro atoms.